The maximum Gasteiger partial charge on any atom is 0.0929 e. The number of rotatable bonds is 7. The van der Waals surface area contributed by atoms with Crippen LogP contribution in [0.2, 0.25) is 0 Å². The molecule has 0 N–H and O–H groups in total. The van der Waals surface area contributed by atoms with Gasteiger partial charge in [-0.1, -0.05) is 0 Å². The molecule has 1 saturated carbocycles. The van der Waals surface area contributed by atoms with Crippen molar-refractivity contribution in [1.82, 2.24) is 4.98 Å². The maximum absolute atomic E-state index is 5.94. The number of aromatic nitrogens is 1. The second-order valence-corrected chi connectivity index (χ2v) is 6.20. The summed E-state index contributed by atoms with van der Waals surface area (Å²) in [6, 6.07) is 0. The topological polar surface area (TPSA) is 31.4 Å². The molecule has 0 radical (unpaired) electrons. The van der Waals surface area contributed by atoms with Gasteiger partial charge in [0, 0.05) is 25.5 Å². The number of aryl methyl sites for hydroxylation is 1. The molecule has 2 atom stereocenters. The van der Waals surface area contributed by atoms with E-state index < -0.39 is 0 Å². The summed E-state index contributed by atoms with van der Waals surface area (Å²) in [5.74, 6) is 0.507. The average molecular weight is 304 g/mol. The van der Waals surface area contributed by atoms with Crippen molar-refractivity contribution >= 4 is 22.9 Å². The van der Waals surface area contributed by atoms with Crippen molar-refractivity contribution in [2.45, 2.75) is 56.6 Å². The molecule has 0 aliphatic heterocycles. The standard InChI is InChI=1S/C14H22ClNO2S/c1-17-12-4-2-5-13(8-12)18-7-3-6-14-16-11(9-15)10-19-14/h10,12-13H,2-9H2,1H3. The van der Waals surface area contributed by atoms with Gasteiger partial charge in [-0.3, -0.25) is 0 Å². The van der Waals surface area contributed by atoms with Gasteiger partial charge in [-0.2, -0.15) is 0 Å². The van der Waals surface area contributed by atoms with E-state index in [0.29, 0.717) is 18.1 Å². The highest BCUT2D eigenvalue weighted by atomic mass is 35.5. The van der Waals surface area contributed by atoms with Gasteiger partial charge in [0.25, 0.3) is 0 Å². The fourth-order valence-corrected chi connectivity index (χ4v) is 3.53. The van der Waals surface area contributed by atoms with Crippen molar-refractivity contribution < 1.29 is 9.47 Å². The molecule has 3 nitrogen and oxygen atoms in total. The molecule has 1 aliphatic carbocycles. The summed E-state index contributed by atoms with van der Waals surface area (Å²) in [5.41, 5.74) is 0.984. The van der Waals surface area contributed by atoms with Crippen LogP contribution in [0.3, 0.4) is 0 Å². The van der Waals surface area contributed by atoms with E-state index in [0.717, 1.165) is 36.6 Å². The molecular formula is C14H22ClNO2S. The molecule has 0 aromatic carbocycles. The predicted molar refractivity (Wildman–Crippen MR) is 79.0 cm³/mol. The van der Waals surface area contributed by atoms with Gasteiger partial charge >= 0.3 is 0 Å². The highest BCUT2D eigenvalue weighted by Gasteiger charge is 2.21. The monoisotopic (exact) mass is 303 g/mol. The van der Waals surface area contributed by atoms with Crippen molar-refractivity contribution in [3.05, 3.63) is 16.1 Å². The van der Waals surface area contributed by atoms with E-state index in [-0.39, 0.29) is 0 Å². The van der Waals surface area contributed by atoms with E-state index in [4.69, 9.17) is 21.1 Å². The first kappa shape index (κ1) is 15.2. The summed E-state index contributed by atoms with van der Waals surface area (Å²) < 4.78 is 11.4. The number of alkyl halides is 1. The molecule has 0 bridgehead atoms. The predicted octanol–water partition coefficient (Wildman–Crippen LogP) is 3.79. The van der Waals surface area contributed by atoms with Gasteiger partial charge in [-0.25, -0.2) is 4.98 Å². The zero-order valence-corrected chi connectivity index (χ0v) is 13.0. The number of ether oxygens (including phenoxy) is 2. The Balaban J connectivity index is 1.61. The third kappa shape index (κ3) is 5.03. The fourth-order valence-electron chi connectivity index (χ4n) is 2.47. The summed E-state index contributed by atoms with van der Waals surface area (Å²) in [6.45, 7) is 0.816. The van der Waals surface area contributed by atoms with E-state index in [1.807, 2.05) is 5.38 Å². The third-order valence-corrected chi connectivity index (χ3v) is 4.77. The summed E-state index contributed by atoms with van der Waals surface area (Å²) in [7, 11) is 1.80. The molecule has 1 aromatic rings. The lowest BCUT2D eigenvalue weighted by Crippen LogP contribution is -2.27. The first-order chi connectivity index (χ1) is 9.31. The highest BCUT2D eigenvalue weighted by molar-refractivity contribution is 7.09. The normalized spacial score (nSPS) is 23.7. The fraction of sp³-hybridized carbons (Fsp3) is 0.786. The number of thiazole rings is 1. The highest BCUT2D eigenvalue weighted by Crippen LogP contribution is 2.23. The third-order valence-electron chi connectivity index (χ3n) is 3.54. The second kappa shape index (κ2) is 8.20. The maximum atomic E-state index is 5.94. The molecule has 0 amide bonds. The zero-order chi connectivity index (χ0) is 13.5. The van der Waals surface area contributed by atoms with Crippen molar-refractivity contribution in [2.75, 3.05) is 13.7 Å². The van der Waals surface area contributed by atoms with Gasteiger partial charge in [0.2, 0.25) is 0 Å². The molecule has 2 unspecified atom stereocenters. The van der Waals surface area contributed by atoms with Crippen LogP contribution in [0.25, 0.3) is 0 Å². The Morgan fingerprint density at radius 1 is 1.42 bits per heavy atom. The Hall–Kier alpha value is -0.160. The number of nitrogens with zero attached hydrogens (tertiary/aromatic N) is 1. The van der Waals surface area contributed by atoms with E-state index in [2.05, 4.69) is 4.98 Å². The van der Waals surface area contributed by atoms with E-state index in [9.17, 15) is 0 Å². The summed E-state index contributed by atoms with van der Waals surface area (Å²) >= 11 is 7.43. The van der Waals surface area contributed by atoms with Crippen LogP contribution >= 0.6 is 22.9 Å². The summed E-state index contributed by atoms with van der Waals surface area (Å²) in [6.07, 6.45) is 7.41. The van der Waals surface area contributed by atoms with Crippen molar-refractivity contribution in [2.24, 2.45) is 0 Å². The number of hydrogen-bond acceptors (Lipinski definition) is 4. The average Bonchev–Trinajstić information content (AvgIpc) is 2.92. The van der Waals surface area contributed by atoms with Crippen LogP contribution in [-0.2, 0) is 21.8 Å². The molecule has 0 spiro atoms. The molecule has 108 valence electrons. The lowest BCUT2D eigenvalue weighted by Gasteiger charge is -2.28. The van der Waals surface area contributed by atoms with Crippen molar-refractivity contribution in [3.8, 4) is 0 Å². The first-order valence-corrected chi connectivity index (χ1v) is 8.37. The smallest absolute Gasteiger partial charge is 0.0929 e. The van der Waals surface area contributed by atoms with Crippen LogP contribution in [0.5, 0.6) is 0 Å². The SMILES string of the molecule is COC1CCCC(OCCCc2nc(CCl)cs2)C1. The molecule has 2 rings (SSSR count). The van der Waals surface area contributed by atoms with Crippen LogP contribution in [0, 0.1) is 0 Å². The Labute approximate surface area is 124 Å². The van der Waals surface area contributed by atoms with Crippen molar-refractivity contribution in [1.29, 1.82) is 0 Å². The van der Waals surface area contributed by atoms with E-state index in [1.165, 1.54) is 19.3 Å². The quantitative estimate of drug-likeness (QED) is 0.567. The Kier molecular flexibility index (Phi) is 6.57. The molecule has 1 aliphatic rings. The van der Waals surface area contributed by atoms with Crippen LogP contribution < -0.4 is 0 Å². The summed E-state index contributed by atoms with van der Waals surface area (Å²) in [4.78, 5) is 4.45. The first-order valence-electron chi connectivity index (χ1n) is 6.95. The molecule has 0 saturated heterocycles. The molecule has 1 heterocycles. The van der Waals surface area contributed by atoms with Crippen LogP contribution in [-0.4, -0.2) is 30.9 Å². The summed E-state index contributed by atoms with van der Waals surface area (Å²) in [5, 5.41) is 3.20. The van der Waals surface area contributed by atoms with Gasteiger partial charge < -0.3 is 9.47 Å². The van der Waals surface area contributed by atoms with Gasteiger partial charge in [0.15, 0.2) is 0 Å². The minimum atomic E-state index is 0.383. The lowest BCUT2D eigenvalue weighted by atomic mass is 9.95. The molecule has 1 aromatic heterocycles. The van der Waals surface area contributed by atoms with E-state index in [1.54, 1.807) is 18.4 Å². The van der Waals surface area contributed by atoms with Gasteiger partial charge in [0.05, 0.1) is 28.8 Å². The molecule has 5 heteroatoms. The Bertz CT molecular complexity index is 372. The number of methoxy groups -OCH3 is 1. The van der Waals surface area contributed by atoms with Gasteiger partial charge in [-0.05, 0) is 32.1 Å². The largest absolute Gasteiger partial charge is 0.381 e. The minimum Gasteiger partial charge on any atom is -0.381 e. The van der Waals surface area contributed by atoms with Crippen LogP contribution in [0.1, 0.15) is 42.8 Å². The second-order valence-electron chi connectivity index (χ2n) is 4.99. The minimum absolute atomic E-state index is 0.383. The number of hydrogen-bond donors (Lipinski definition) is 0. The zero-order valence-electron chi connectivity index (χ0n) is 11.4. The molecular weight excluding hydrogens is 282 g/mol. The lowest BCUT2D eigenvalue weighted by molar-refractivity contribution is -0.0298. The Morgan fingerprint density at radius 2 is 2.26 bits per heavy atom. The molecule has 1 fully saturated rings. The van der Waals surface area contributed by atoms with E-state index >= 15 is 0 Å². The number of halogens is 1. The van der Waals surface area contributed by atoms with Gasteiger partial charge in [0.1, 0.15) is 0 Å². The van der Waals surface area contributed by atoms with Crippen molar-refractivity contribution in [3.63, 3.8) is 0 Å². The van der Waals surface area contributed by atoms with Gasteiger partial charge in [-0.15, -0.1) is 22.9 Å². The van der Waals surface area contributed by atoms with Crippen LogP contribution in [0.15, 0.2) is 5.38 Å². The van der Waals surface area contributed by atoms with Crippen LogP contribution in [0.4, 0.5) is 0 Å². The Morgan fingerprint density at radius 3 is 3.00 bits per heavy atom. The molecule has 19 heavy (non-hydrogen) atoms.